The number of nitrogens with zero attached hydrogens (tertiary/aromatic N) is 3. The zero-order valence-corrected chi connectivity index (χ0v) is 29.5. The highest BCUT2D eigenvalue weighted by atomic mass is 19.1. The number of hydrogen-bond acceptors (Lipinski definition) is 6. The van der Waals surface area contributed by atoms with Gasteiger partial charge < -0.3 is 24.2 Å². The van der Waals surface area contributed by atoms with Crippen molar-refractivity contribution in [2.75, 3.05) is 24.6 Å². The van der Waals surface area contributed by atoms with E-state index in [-0.39, 0.29) is 23.0 Å². The van der Waals surface area contributed by atoms with Crippen LogP contribution in [0.5, 0.6) is 5.75 Å². The van der Waals surface area contributed by atoms with Gasteiger partial charge in [0.15, 0.2) is 6.10 Å². The summed E-state index contributed by atoms with van der Waals surface area (Å²) >= 11 is 0. The van der Waals surface area contributed by atoms with Gasteiger partial charge in [-0.3, -0.25) is 4.40 Å². The molecule has 0 spiro atoms. The third kappa shape index (κ3) is 7.17. The zero-order chi connectivity index (χ0) is 35.2. The Kier molecular flexibility index (Phi) is 9.50. The second-order valence-electron chi connectivity index (χ2n) is 14.8. The van der Waals surface area contributed by atoms with Crippen LogP contribution in [-0.4, -0.2) is 57.5 Å². The number of carbonyl (C=O) groups is 1. The Morgan fingerprint density at radius 2 is 1.80 bits per heavy atom. The number of imidazole rings is 1. The highest BCUT2D eigenvalue weighted by Crippen LogP contribution is 2.42. The molecule has 2 atom stereocenters. The van der Waals surface area contributed by atoms with Gasteiger partial charge in [0, 0.05) is 49.2 Å². The van der Waals surface area contributed by atoms with Crippen molar-refractivity contribution >= 4 is 17.4 Å². The van der Waals surface area contributed by atoms with Crippen LogP contribution in [0.2, 0.25) is 0 Å². The predicted octanol–water partition coefficient (Wildman–Crippen LogP) is 8.83. The maximum atomic E-state index is 15.5. The van der Waals surface area contributed by atoms with E-state index in [1.54, 1.807) is 6.07 Å². The fraction of sp³-hybridized carbons (Fsp3) is 0.487. The van der Waals surface area contributed by atoms with Gasteiger partial charge >= 0.3 is 5.97 Å². The van der Waals surface area contributed by atoms with Crippen molar-refractivity contribution < 1.29 is 32.9 Å². The van der Waals surface area contributed by atoms with Crippen molar-refractivity contribution in [3.05, 3.63) is 70.9 Å². The number of aliphatic carboxylic acids is 1. The van der Waals surface area contributed by atoms with Crippen LogP contribution in [0, 0.1) is 25.5 Å². The Morgan fingerprint density at radius 1 is 1.08 bits per heavy atom. The summed E-state index contributed by atoms with van der Waals surface area (Å²) in [6.45, 7) is 15.4. The number of piperidine rings is 1. The fourth-order valence-corrected chi connectivity index (χ4v) is 7.06. The van der Waals surface area contributed by atoms with E-state index in [1.165, 1.54) is 6.07 Å². The first-order chi connectivity index (χ1) is 23.1. The summed E-state index contributed by atoms with van der Waals surface area (Å²) in [7, 11) is 0. The molecular weight excluding hydrogens is 628 g/mol. The molecule has 1 fully saturated rings. The summed E-state index contributed by atoms with van der Waals surface area (Å²) in [5.74, 6) is -1.59. The summed E-state index contributed by atoms with van der Waals surface area (Å²) in [5.41, 5.74) is 3.95. The molecule has 0 unspecified atom stereocenters. The minimum Gasteiger partial charge on any atom is -0.490 e. The number of halogens is 2. The van der Waals surface area contributed by atoms with Crippen LogP contribution in [0.1, 0.15) is 89.5 Å². The number of hydrogen-bond donors (Lipinski definition) is 1. The Morgan fingerprint density at radius 3 is 2.49 bits per heavy atom. The molecule has 4 aromatic rings. The lowest BCUT2D eigenvalue weighted by molar-refractivity contribution is -0.160. The quantitative estimate of drug-likeness (QED) is 0.232. The number of carboxylic acid groups (broad SMARTS) is 1. The van der Waals surface area contributed by atoms with Crippen molar-refractivity contribution in [3.8, 4) is 28.1 Å². The molecule has 1 saturated heterocycles. The molecule has 3 aliphatic rings. The molecule has 5 heterocycles. The van der Waals surface area contributed by atoms with E-state index in [1.807, 2.05) is 70.3 Å². The first-order valence-electron chi connectivity index (χ1n) is 17.2. The predicted molar refractivity (Wildman–Crippen MR) is 186 cm³/mol. The number of fused-ring (bicyclic) bond motifs is 8. The lowest BCUT2D eigenvalue weighted by atomic mass is 9.92. The number of aryl methyl sites for hydroxylation is 1. The summed E-state index contributed by atoms with van der Waals surface area (Å²) in [4.78, 5) is 20.3. The molecule has 0 amide bonds. The van der Waals surface area contributed by atoms with Gasteiger partial charge in [-0.05, 0) is 103 Å². The number of anilines is 1. The van der Waals surface area contributed by atoms with E-state index in [9.17, 15) is 14.3 Å². The summed E-state index contributed by atoms with van der Waals surface area (Å²) < 4.78 is 51.0. The van der Waals surface area contributed by atoms with E-state index in [0.29, 0.717) is 48.6 Å². The van der Waals surface area contributed by atoms with Crippen LogP contribution in [0.3, 0.4) is 0 Å². The molecule has 7 rings (SSSR count). The van der Waals surface area contributed by atoms with Crippen LogP contribution in [0.25, 0.3) is 28.0 Å². The van der Waals surface area contributed by atoms with Gasteiger partial charge in [-0.25, -0.2) is 18.6 Å². The van der Waals surface area contributed by atoms with Crippen LogP contribution in [0.15, 0.2) is 42.6 Å². The minimum absolute atomic E-state index is 0.150. The Bertz CT molecular complexity index is 1870. The van der Waals surface area contributed by atoms with E-state index in [4.69, 9.17) is 19.2 Å². The molecule has 49 heavy (non-hydrogen) atoms. The standard InChI is InChI=1S/C39H47F2N3O5/c1-23-11-8-9-18-47-39(7)14-16-43(17-15-39)36-32(34(37(45)46)49-38(4,5)6)24(2)25(3)35-42-30(22-44(35)36)26-12-10-13-27(19-26)33-29(41)20-28(40)21-31(33)48-23/h10,12-13,19-23,34H,8-9,11,14-18H2,1-7H3,(H,45,46)/t23-,34+/m1/s1. The fourth-order valence-electron chi connectivity index (χ4n) is 7.06. The lowest BCUT2D eigenvalue weighted by Crippen LogP contribution is -2.45. The molecular formula is C39H47F2N3O5. The topological polar surface area (TPSA) is 85.5 Å². The van der Waals surface area contributed by atoms with E-state index >= 15 is 4.39 Å². The van der Waals surface area contributed by atoms with Crippen molar-refractivity contribution in [3.63, 3.8) is 0 Å². The second kappa shape index (κ2) is 13.4. The minimum atomic E-state index is -1.22. The third-order valence-electron chi connectivity index (χ3n) is 9.80. The average Bonchev–Trinajstić information content (AvgIpc) is 3.47. The van der Waals surface area contributed by atoms with Gasteiger partial charge in [0.2, 0.25) is 0 Å². The van der Waals surface area contributed by atoms with Gasteiger partial charge in [0.1, 0.15) is 28.8 Å². The molecule has 10 heteroatoms. The molecule has 3 aliphatic heterocycles. The zero-order valence-electron chi connectivity index (χ0n) is 29.5. The Hall–Kier alpha value is -4.02. The van der Waals surface area contributed by atoms with Crippen LogP contribution in [-0.2, 0) is 14.3 Å². The maximum Gasteiger partial charge on any atom is 0.337 e. The number of benzene rings is 2. The molecule has 2 aromatic carbocycles. The normalized spacial score (nSPS) is 21.0. The molecule has 0 radical (unpaired) electrons. The first-order valence-corrected chi connectivity index (χ1v) is 17.2. The van der Waals surface area contributed by atoms with E-state index in [0.717, 1.165) is 54.3 Å². The molecule has 262 valence electrons. The summed E-state index contributed by atoms with van der Waals surface area (Å²) in [6, 6.07) is 9.46. The van der Waals surface area contributed by atoms with Crippen molar-refractivity contribution in [1.82, 2.24) is 9.38 Å². The molecule has 2 aromatic heterocycles. The maximum absolute atomic E-state index is 15.5. The summed E-state index contributed by atoms with van der Waals surface area (Å²) in [6.07, 6.45) is 4.32. The molecule has 1 N–H and O–H groups in total. The van der Waals surface area contributed by atoms with Crippen molar-refractivity contribution in [1.29, 1.82) is 0 Å². The highest BCUT2D eigenvalue weighted by Gasteiger charge is 2.38. The SMILES string of the molecule is Cc1c([C@H](OC(C)(C)C)C(=O)O)c2n3cc(nc3c1C)-c1cccc(c1)-c1c(F)cc(F)cc1O[C@H](C)CCCCOC1(C)CCN2CC1. The number of ether oxygens (including phenoxy) is 3. The number of rotatable bonds is 3. The van der Waals surface area contributed by atoms with Gasteiger partial charge in [0.05, 0.1) is 28.6 Å². The van der Waals surface area contributed by atoms with Crippen molar-refractivity contribution in [2.45, 2.75) is 104 Å². The average molecular weight is 676 g/mol. The van der Waals surface area contributed by atoms with E-state index < -0.39 is 29.3 Å². The molecule has 6 bridgehead atoms. The number of pyridine rings is 1. The van der Waals surface area contributed by atoms with Crippen LogP contribution < -0.4 is 9.64 Å². The molecule has 8 nitrogen and oxygen atoms in total. The molecule has 0 aliphatic carbocycles. The monoisotopic (exact) mass is 675 g/mol. The van der Waals surface area contributed by atoms with Gasteiger partial charge in [0.25, 0.3) is 0 Å². The van der Waals surface area contributed by atoms with Gasteiger partial charge in [-0.15, -0.1) is 0 Å². The van der Waals surface area contributed by atoms with Crippen LogP contribution in [0.4, 0.5) is 14.6 Å². The van der Waals surface area contributed by atoms with Gasteiger partial charge in [-0.1, -0.05) is 18.2 Å². The Balaban J connectivity index is 1.58. The highest BCUT2D eigenvalue weighted by molar-refractivity contribution is 5.82. The lowest BCUT2D eigenvalue weighted by Gasteiger charge is -2.42. The largest absolute Gasteiger partial charge is 0.490 e. The second-order valence-corrected chi connectivity index (χ2v) is 14.8. The van der Waals surface area contributed by atoms with Crippen molar-refractivity contribution in [2.24, 2.45) is 0 Å². The smallest absolute Gasteiger partial charge is 0.337 e. The Labute approximate surface area is 287 Å². The first kappa shape index (κ1) is 34.8. The number of carboxylic acids is 1. The van der Waals surface area contributed by atoms with Gasteiger partial charge in [-0.2, -0.15) is 0 Å². The van der Waals surface area contributed by atoms with Crippen LogP contribution >= 0.6 is 0 Å². The number of aromatic nitrogens is 2. The van der Waals surface area contributed by atoms with E-state index in [2.05, 4.69) is 11.8 Å². The molecule has 0 saturated carbocycles. The third-order valence-corrected chi connectivity index (χ3v) is 9.80. The summed E-state index contributed by atoms with van der Waals surface area (Å²) in [5, 5.41) is 10.6.